The summed E-state index contributed by atoms with van der Waals surface area (Å²) in [7, 11) is 0. The van der Waals surface area contributed by atoms with Crippen molar-refractivity contribution in [1.29, 1.82) is 5.41 Å². The third-order valence-corrected chi connectivity index (χ3v) is 3.92. The summed E-state index contributed by atoms with van der Waals surface area (Å²) >= 11 is 0. The molecule has 0 amide bonds. The van der Waals surface area contributed by atoms with Crippen molar-refractivity contribution in [3.05, 3.63) is 78.2 Å². The Labute approximate surface area is 144 Å². The second-order valence-corrected chi connectivity index (χ2v) is 5.59. The molecule has 0 unspecified atom stereocenters. The quantitative estimate of drug-likeness (QED) is 0.550. The molecular formula is C19H16N6. The Balaban J connectivity index is 1.78. The van der Waals surface area contributed by atoms with Gasteiger partial charge in [-0.15, -0.1) is 0 Å². The molecule has 25 heavy (non-hydrogen) atoms. The molecule has 2 N–H and O–H groups in total. The number of pyridine rings is 1. The third kappa shape index (κ3) is 2.97. The molecular weight excluding hydrogens is 312 g/mol. The van der Waals surface area contributed by atoms with Crippen LogP contribution in [0.5, 0.6) is 0 Å². The van der Waals surface area contributed by atoms with Crippen LogP contribution in [0.2, 0.25) is 0 Å². The zero-order valence-electron chi connectivity index (χ0n) is 13.4. The summed E-state index contributed by atoms with van der Waals surface area (Å²) in [5.41, 5.74) is 4.28. The first-order valence-corrected chi connectivity index (χ1v) is 7.92. The second-order valence-electron chi connectivity index (χ2n) is 5.59. The highest BCUT2D eigenvalue weighted by molar-refractivity contribution is 5.86. The highest BCUT2D eigenvalue weighted by Crippen LogP contribution is 2.23. The smallest absolute Gasteiger partial charge is 0.166 e. The van der Waals surface area contributed by atoms with Crippen LogP contribution in [0, 0.1) is 5.41 Å². The van der Waals surface area contributed by atoms with Crippen molar-refractivity contribution < 1.29 is 0 Å². The number of anilines is 1. The van der Waals surface area contributed by atoms with Gasteiger partial charge in [0.05, 0.1) is 17.5 Å². The van der Waals surface area contributed by atoms with Crippen LogP contribution in [0.15, 0.2) is 67.1 Å². The molecule has 0 radical (unpaired) electrons. The minimum Gasteiger partial charge on any atom is -0.366 e. The van der Waals surface area contributed by atoms with Gasteiger partial charge >= 0.3 is 0 Å². The van der Waals surface area contributed by atoms with Crippen LogP contribution in [0.1, 0.15) is 11.1 Å². The first-order valence-electron chi connectivity index (χ1n) is 7.92. The van der Waals surface area contributed by atoms with Gasteiger partial charge in [-0.1, -0.05) is 36.4 Å². The normalized spacial score (nSPS) is 10.7. The van der Waals surface area contributed by atoms with Crippen molar-refractivity contribution in [1.82, 2.24) is 19.6 Å². The molecule has 6 heteroatoms. The summed E-state index contributed by atoms with van der Waals surface area (Å²) in [6, 6.07) is 15.9. The number of rotatable bonds is 5. The SMILES string of the molecule is N=Cc1cnn2c(NCc3cccnc3)cc(-c3ccccc3)nc12. The molecule has 3 aromatic heterocycles. The predicted octanol–water partition coefficient (Wildman–Crippen LogP) is 3.40. The van der Waals surface area contributed by atoms with Crippen molar-refractivity contribution in [3.8, 4) is 11.3 Å². The molecule has 4 rings (SSSR count). The Hall–Kier alpha value is -3.54. The lowest BCUT2D eigenvalue weighted by Gasteiger charge is -2.11. The van der Waals surface area contributed by atoms with Gasteiger partial charge in [0.25, 0.3) is 0 Å². The van der Waals surface area contributed by atoms with E-state index in [9.17, 15) is 0 Å². The van der Waals surface area contributed by atoms with Crippen LogP contribution >= 0.6 is 0 Å². The van der Waals surface area contributed by atoms with Gasteiger partial charge in [0.2, 0.25) is 0 Å². The maximum absolute atomic E-state index is 7.58. The molecule has 0 bridgehead atoms. The van der Waals surface area contributed by atoms with E-state index in [4.69, 9.17) is 5.41 Å². The maximum atomic E-state index is 7.58. The lowest BCUT2D eigenvalue weighted by atomic mass is 10.1. The number of nitrogens with one attached hydrogen (secondary N) is 2. The Bertz CT molecular complexity index is 1010. The molecule has 6 nitrogen and oxygen atoms in total. The highest BCUT2D eigenvalue weighted by atomic mass is 15.3. The number of hydrogen-bond acceptors (Lipinski definition) is 5. The fourth-order valence-electron chi connectivity index (χ4n) is 2.66. The van der Waals surface area contributed by atoms with E-state index in [2.05, 4.69) is 20.4 Å². The summed E-state index contributed by atoms with van der Waals surface area (Å²) in [6.07, 6.45) is 6.51. The average molecular weight is 328 g/mol. The molecule has 0 aliphatic rings. The van der Waals surface area contributed by atoms with E-state index < -0.39 is 0 Å². The Morgan fingerprint density at radius 3 is 2.72 bits per heavy atom. The molecule has 0 atom stereocenters. The molecule has 0 fully saturated rings. The van der Waals surface area contributed by atoms with E-state index in [-0.39, 0.29) is 0 Å². The molecule has 1 aromatic carbocycles. The van der Waals surface area contributed by atoms with Crippen molar-refractivity contribution in [3.63, 3.8) is 0 Å². The number of nitrogens with zero attached hydrogens (tertiary/aromatic N) is 4. The molecule has 3 heterocycles. The average Bonchev–Trinajstić information content (AvgIpc) is 3.11. The Morgan fingerprint density at radius 2 is 1.96 bits per heavy atom. The zero-order valence-corrected chi connectivity index (χ0v) is 13.4. The topological polar surface area (TPSA) is 79.0 Å². The lowest BCUT2D eigenvalue weighted by Crippen LogP contribution is -2.07. The monoisotopic (exact) mass is 328 g/mol. The van der Waals surface area contributed by atoms with E-state index in [1.165, 1.54) is 6.21 Å². The minimum atomic E-state index is 0.626. The summed E-state index contributed by atoms with van der Waals surface area (Å²) in [5, 5.41) is 15.3. The molecule has 0 aliphatic carbocycles. The summed E-state index contributed by atoms with van der Waals surface area (Å²) < 4.78 is 1.73. The second kappa shape index (κ2) is 6.52. The molecule has 0 aliphatic heterocycles. The van der Waals surface area contributed by atoms with Gasteiger partial charge in [0.1, 0.15) is 5.82 Å². The van der Waals surface area contributed by atoms with Crippen molar-refractivity contribution in [2.75, 3.05) is 5.32 Å². The number of hydrogen-bond donors (Lipinski definition) is 2. The van der Waals surface area contributed by atoms with Crippen LogP contribution in [-0.2, 0) is 6.54 Å². The van der Waals surface area contributed by atoms with Gasteiger partial charge in [0, 0.05) is 36.8 Å². The van der Waals surface area contributed by atoms with Gasteiger partial charge < -0.3 is 10.7 Å². The zero-order chi connectivity index (χ0) is 17.1. The van der Waals surface area contributed by atoms with Crippen LogP contribution in [0.4, 0.5) is 5.82 Å². The van der Waals surface area contributed by atoms with E-state index in [1.54, 1.807) is 16.9 Å². The van der Waals surface area contributed by atoms with Gasteiger partial charge in [-0.3, -0.25) is 4.98 Å². The lowest BCUT2D eigenvalue weighted by molar-refractivity contribution is 0.925. The molecule has 0 saturated carbocycles. The number of benzene rings is 1. The maximum Gasteiger partial charge on any atom is 0.166 e. The van der Waals surface area contributed by atoms with Gasteiger partial charge in [-0.05, 0) is 11.6 Å². The summed E-state index contributed by atoms with van der Waals surface area (Å²) in [6.45, 7) is 0.626. The fourth-order valence-corrected chi connectivity index (χ4v) is 2.66. The van der Waals surface area contributed by atoms with Crippen LogP contribution < -0.4 is 5.32 Å². The Kier molecular flexibility index (Phi) is 3.92. The molecule has 0 saturated heterocycles. The van der Waals surface area contributed by atoms with Crippen LogP contribution in [0.25, 0.3) is 16.9 Å². The van der Waals surface area contributed by atoms with Gasteiger partial charge in [-0.25, -0.2) is 4.98 Å². The minimum absolute atomic E-state index is 0.626. The van der Waals surface area contributed by atoms with E-state index >= 15 is 0 Å². The van der Waals surface area contributed by atoms with Gasteiger partial charge in [0.15, 0.2) is 5.65 Å². The van der Waals surface area contributed by atoms with Gasteiger partial charge in [-0.2, -0.15) is 9.61 Å². The third-order valence-electron chi connectivity index (χ3n) is 3.92. The van der Waals surface area contributed by atoms with Crippen molar-refractivity contribution in [2.24, 2.45) is 0 Å². The first kappa shape index (κ1) is 15.0. The fraction of sp³-hybridized carbons (Fsp3) is 0.0526. The van der Waals surface area contributed by atoms with E-state index in [0.29, 0.717) is 17.8 Å². The standard InChI is InChI=1S/C19H16N6/c20-10-16-13-23-25-18(22-12-14-5-4-8-21-11-14)9-17(24-19(16)25)15-6-2-1-3-7-15/h1-11,13,20,22H,12H2. The molecule has 0 spiro atoms. The summed E-state index contributed by atoms with van der Waals surface area (Å²) in [4.78, 5) is 8.83. The Morgan fingerprint density at radius 1 is 1.08 bits per heavy atom. The molecule has 122 valence electrons. The van der Waals surface area contributed by atoms with Crippen molar-refractivity contribution >= 4 is 17.7 Å². The van der Waals surface area contributed by atoms with Crippen LogP contribution in [0.3, 0.4) is 0 Å². The van der Waals surface area contributed by atoms with E-state index in [1.807, 2.05) is 54.7 Å². The van der Waals surface area contributed by atoms with Crippen LogP contribution in [-0.4, -0.2) is 25.8 Å². The first-order chi connectivity index (χ1) is 12.3. The number of fused-ring (bicyclic) bond motifs is 1. The largest absolute Gasteiger partial charge is 0.366 e. The van der Waals surface area contributed by atoms with E-state index in [0.717, 1.165) is 22.6 Å². The molecule has 4 aromatic rings. The van der Waals surface area contributed by atoms with Crippen molar-refractivity contribution in [2.45, 2.75) is 6.54 Å². The highest BCUT2D eigenvalue weighted by Gasteiger charge is 2.11. The predicted molar refractivity (Wildman–Crippen MR) is 97.9 cm³/mol. The number of aromatic nitrogens is 4. The summed E-state index contributed by atoms with van der Waals surface area (Å²) in [5.74, 6) is 0.820.